The Morgan fingerprint density at radius 3 is 2.24 bits per heavy atom. The maximum absolute atomic E-state index is 13.9. The van der Waals surface area contributed by atoms with E-state index in [1.165, 1.54) is 50.2 Å². The predicted octanol–water partition coefficient (Wildman–Crippen LogP) is 5.01. The highest BCUT2D eigenvalue weighted by atomic mass is 35.5. The summed E-state index contributed by atoms with van der Waals surface area (Å²) in [5.74, 6) is -1.24. The van der Waals surface area contributed by atoms with Crippen molar-refractivity contribution in [2.45, 2.75) is 25.4 Å². The summed E-state index contributed by atoms with van der Waals surface area (Å²) in [5, 5.41) is 31.7. The second kappa shape index (κ2) is 10.2. The lowest BCUT2D eigenvalue weighted by molar-refractivity contribution is -0.138. The number of carboxylic acid groups (broad SMARTS) is 1. The number of imide groups is 1. The highest BCUT2D eigenvalue weighted by molar-refractivity contribution is 6.46. The Balaban J connectivity index is 2.53. The van der Waals surface area contributed by atoms with Crippen molar-refractivity contribution in [1.29, 1.82) is 10.5 Å². The summed E-state index contributed by atoms with van der Waals surface area (Å²) in [6, 6.07) is 12.1. The zero-order valence-electron chi connectivity index (χ0n) is 17.8. The molecule has 2 aromatic rings. The molecular formula is C22H17ClF3N5O3. The van der Waals surface area contributed by atoms with Crippen molar-refractivity contribution in [2.75, 3.05) is 12.0 Å². The van der Waals surface area contributed by atoms with Crippen LogP contribution in [0.25, 0.3) is 0 Å². The Morgan fingerprint density at radius 1 is 1.15 bits per heavy atom. The molecule has 0 spiro atoms. The lowest BCUT2D eigenvalue weighted by Gasteiger charge is -2.27. The molecule has 0 aliphatic heterocycles. The molecule has 0 heterocycles. The molecule has 0 aliphatic carbocycles. The molecule has 0 aliphatic rings. The molecule has 2 N–H and O–H groups in total. The van der Waals surface area contributed by atoms with Gasteiger partial charge in [0.15, 0.2) is 0 Å². The Hall–Kier alpha value is -4.09. The quantitative estimate of drug-likeness (QED) is 0.431. The molecule has 2 amide bonds. The Labute approximate surface area is 197 Å². The van der Waals surface area contributed by atoms with Gasteiger partial charge in [-0.25, -0.2) is 9.69 Å². The molecule has 2 rings (SSSR count). The monoisotopic (exact) mass is 491 g/mol. The van der Waals surface area contributed by atoms with E-state index >= 15 is 0 Å². The molecule has 0 aromatic heterocycles. The number of carbonyl (C=O) groups excluding carboxylic acids is 1. The number of hydrazone groups is 1. The number of benzene rings is 2. The number of nitriles is 2. The minimum Gasteiger partial charge on any atom is -0.465 e. The smallest absolute Gasteiger partial charge is 0.416 e. The molecule has 34 heavy (non-hydrogen) atoms. The minimum atomic E-state index is -4.86. The predicted molar refractivity (Wildman–Crippen MR) is 117 cm³/mol. The number of hydrogen-bond acceptors (Lipinski definition) is 6. The zero-order valence-corrected chi connectivity index (χ0v) is 18.6. The van der Waals surface area contributed by atoms with E-state index in [9.17, 15) is 28.0 Å². The van der Waals surface area contributed by atoms with Gasteiger partial charge in [-0.1, -0.05) is 29.8 Å². The van der Waals surface area contributed by atoms with Crippen LogP contribution in [0.4, 0.5) is 23.7 Å². The van der Waals surface area contributed by atoms with E-state index in [1.54, 1.807) is 0 Å². The van der Waals surface area contributed by atoms with Gasteiger partial charge in [0.2, 0.25) is 5.71 Å². The summed E-state index contributed by atoms with van der Waals surface area (Å²) in [7, 11) is 0. The number of rotatable bonds is 6. The van der Waals surface area contributed by atoms with E-state index in [0.717, 1.165) is 6.07 Å². The minimum absolute atomic E-state index is 0.244. The fourth-order valence-corrected chi connectivity index (χ4v) is 3.21. The van der Waals surface area contributed by atoms with E-state index < -0.39 is 34.9 Å². The van der Waals surface area contributed by atoms with Gasteiger partial charge in [0, 0.05) is 11.6 Å². The van der Waals surface area contributed by atoms with Crippen LogP contribution in [-0.2, 0) is 16.4 Å². The number of nitrogens with one attached hydrogen (secondary N) is 1. The maximum Gasteiger partial charge on any atom is 0.416 e. The van der Waals surface area contributed by atoms with E-state index in [4.69, 9.17) is 22.0 Å². The molecular weight excluding hydrogens is 475 g/mol. The van der Waals surface area contributed by atoms with Crippen LogP contribution in [0, 0.1) is 22.7 Å². The van der Waals surface area contributed by atoms with E-state index in [0.29, 0.717) is 16.0 Å². The molecule has 0 saturated heterocycles. The van der Waals surface area contributed by atoms with Gasteiger partial charge in [-0.3, -0.25) is 10.2 Å². The van der Waals surface area contributed by atoms with Gasteiger partial charge in [0.25, 0.3) is 5.91 Å². The first kappa shape index (κ1) is 26.2. The fraction of sp³-hybridized carbons (Fsp3) is 0.227. The molecule has 1 unspecified atom stereocenters. The van der Waals surface area contributed by atoms with Gasteiger partial charge in [0.1, 0.15) is 11.5 Å². The van der Waals surface area contributed by atoms with Gasteiger partial charge in [0.05, 0.1) is 17.3 Å². The molecule has 1 atom stereocenters. The van der Waals surface area contributed by atoms with Gasteiger partial charge >= 0.3 is 12.3 Å². The van der Waals surface area contributed by atoms with Crippen LogP contribution in [0.3, 0.4) is 0 Å². The van der Waals surface area contributed by atoms with E-state index in [1.807, 2.05) is 6.07 Å². The summed E-state index contributed by atoms with van der Waals surface area (Å²) in [6.07, 6.45) is -6.48. The summed E-state index contributed by atoms with van der Waals surface area (Å²) in [5.41, 5.74) is -1.81. The SMILES string of the molecule is CCN(C(=O)O)C(=O)C(C#N)=NNc1ccc(C(C)(C#N)c2ccc(Cl)cc2)c(C(F)(F)F)c1. The van der Waals surface area contributed by atoms with Crippen LogP contribution >= 0.6 is 11.6 Å². The number of hydrogen-bond donors (Lipinski definition) is 2. The molecule has 12 heteroatoms. The molecule has 0 radical (unpaired) electrons. The summed E-state index contributed by atoms with van der Waals surface area (Å²) in [6.45, 7) is 2.43. The van der Waals surface area contributed by atoms with Crippen molar-refractivity contribution in [3.05, 3.63) is 64.2 Å². The third kappa shape index (κ3) is 5.45. The van der Waals surface area contributed by atoms with Crippen molar-refractivity contribution >= 4 is 35.0 Å². The van der Waals surface area contributed by atoms with E-state index in [2.05, 4.69) is 10.5 Å². The Morgan fingerprint density at radius 2 is 1.76 bits per heavy atom. The highest BCUT2D eigenvalue weighted by Crippen LogP contribution is 2.42. The van der Waals surface area contributed by atoms with Crippen molar-refractivity contribution in [2.24, 2.45) is 5.10 Å². The van der Waals surface area contributed by atoms with Gasteiger partial charge in [-0.2, -0.15) is 28.8 Å². The van der Waals surface area contributed by atoms with Crippen LogP contribution in [0.15, 0.2) is 47.6 Å². The number of nitrogens with zero attached hydrogens (tertiary/aromatic N) is 4. The van der Waals surface area contributed by atoms with Crippen molar-refractivity contribution < 1.29 is 27.9 Å². The van der Waals surface area contributed by atoms with Crippen LogP contribution in [-0.4, -0.2) is 34.3 Å². The maximum atomic E-state index is 13.9. The average Bonchev–Trinajstić information content (AvgIpc) is 2.79. The molecule has 0 bridgehead atoms. The molecule has 8 nitrogen and oxygen atoms in total. The second-order valence-electron chi connectivity index (χ2n) is 7.02. The lowest BCUT2D eigenvalue weighted by atomic mass is 9.75. The normalized spacial score (nSPS) is 13.2. The molecule has 0 fully saturated rings. The molecule has 176 valence electrons. The number of amides is 2. The first-order chi connectivity index (χ1) is 15.9. The standard InChI is InChI=1S/C22H17ClF3N5O3/c1-3-31(20(33)34)19(32)18(11-27)30-29-15-8-9-16(17(10-15)22(24,25)26)21(2,12-28)13-4-6-14(23)7-5-13/h4-10,29H,3H2,1-2H3,(H,33,34). The topological polar surface area (TPSA) is 130 Å². The van der Waals surface area contributed by atoms with Gasteiger partial charge < -0.3 is 5.11 Å². The fourth-order valence-electron chi connectivity index (χ4n) is 3.08. The first-order valence-corrected chi connectivity index (χ1v) is 9.94. The summed E-state index contributed by atoms with van der Waals surface area (Å²) < 4.78 is 41.8. The summed E-state index contributed by atoms with van der Waals surface area (Å²) >= 11 is 5.85. The van der Waals surface area contributed by atoms with Crippen molar-refractivity contribution in [3.63, 3.8) is 0 Å². The Kier molecular flexibility index (Phi) is 7.88. The largest absolute Gasteiger partial charge is 0.465 e. The number of alkyl halides is 3. The average molecular weight is 492 g/mol. The second-order valence-corrected chi connectivity index (χ2v) is 7.45. The zero-order chi connectivity index (χ0) is 25.7. The number of anilines is 1. The highest BCUT2D eigenvalue weighted by Gasteiger charge is 2.41. The van der Waals surface area contributed by atoms with Gasteiger partial charge in [-0.05, 0) is 49.2 Å². The van der Waals surface area contributed by atoms with E-state index in [-0.39, 0.29) is 23.4 Å². The van der Waals surface area contributed by atoms with Crippen LogP contribution in [0.2, 0.25) is 5.02 Å². The van der Waals surface area contributed by atoms with Gasteiger partial charge in [-0.15, -0.1) is 0 Å². The molecule has 0 saturated carbocycles. The molecule has 2 aromatic carbocycles. The Bertz CT molecular complexity index is 1220. The third-order valence-electron chi connectivity index (χ3n) is 4.91. The first-order valence-electron chi connectivity index (χ1n) is 9.56. The van der Waals surface area contributed by atoms with Crippen LogP contribution in [0.1, 0.15) is 30.5 Å². The van der Waals surface area contributed by atoms with Crippen LogP contribution in [0.5, 0.6) is 0 Å². The number of halogens is 4. The summed E-state index contributed by atoms with van der Waals surface area (Å²) in [4.78, 5) is 23.5. The lowest BCUT2D eigenvalue weighted by Crippen LogP contribution is -2.40. The van der Waals surface area contributed by atoms with Crippen molar-refractivity contribution in [3.8, 4) is 12.1 Å². The third-order valence-corrected chi connectivity index (χ3v) is 5.16. The number of carbonyl (C=O) groups is 2. The van der Waals surface area contributed by atoms with Crippen molar-refractivity contribution in [1.82, 2.24) is 4.90 Å². The van der Waals surface area contributed by atoms with Crippen LogP contribution < -0.4 is 5.43 Å².